The van der Waals surface area contributed by atoms with Gasteiger partial charge in [-0.1, -0.05) is 17.7 Å². The molecule has 6 nitrogen and oxygen atoms in total. The van der Waals surface area contributed by atoms with E-state index >= 15 is 0 Å². The second kappa shape index (κ2) is 7.64. The molecule has 1 aliphatic heterocycles. The van der Waals surface area contributed by atoms with Gasteiger partial charge in [0.25, 0.3) is 0 Å². The van der Waals surface area contributed by atoms with Crippen molar-refractivity contribution in [2.45, 2.75) is 19.4 Å². The maximum Gasteiger partial charge on any atom is 0.227 e. The second-order valence-corrected chi connectivity index (χ2v) is 7.16. The number of amides is 1. The van der Waals surface area contributed by atoms with E-state index in [4.69, 9.17) is 21.1 Å². The highest BCUT2D eigenvalue weighted by Gasteiger charge is 2.23. The van der Waals surface area contributed by atoms with Gasteiger partial charge in [0, 0.05) is 36.8 Å². The lowest BCUT2D eigenvalue weighted by Gasteiger charge is -2.28. The summed E-state index contributed by atoms with van der Waals surface area (Å²) in [6.07, 6.45) is 2.63. The van der Waals surface area contributed by atoms with E-state index in [0.717, 1.165) is 22.2 Å². The number of rotatable bonds is 4. The fraction of sp³-hybridized carbons (Fsp3) is 0.286. The van der Waals surface area contributed by atoms with Crippen LogP contribution in [-0.4, -0.2) is 41.5 Å². The molecular formula is C21H20ClN3O3. The van der Waals surface area contributed by atoms with E-state index in [1.165, 1.54) is 0 Å². The standard InChI is InChI=1S/C21H20ClN3O3/c1-27-18-4-3-13(7-19(18)28-2)8-20(26)25-6-5-17-15(12-25)9-14-10-16(22)11-23-21(14)24-17/h3-4,7,9-11H,5-6,8,12H2,1-2H3. The first-order chi connectivity index (χ1) is 13.6. The molecule has 0 N–H and O–H groups in total. The van der Waals surface area contributed by atoms with Crippen LogP contribution in [0.25, 0.3) is 11.0 Å². The first kappa shape index (κ1) is 18.5. The Hall–Kier alpha value is -2.86. The van der Waals surface area contributed by atoms with Gasteiger partial charge in [-0.05, 0) is 35.4 Å². The molecule has 28 heavy (non-hydrogen) atoms. The Morgan fingerprint density at radius 2 is 2.00 bits per heavy atom. The van der Waals surface area contributed by atoms with E-state index in [1.807, 2.05) is 35.2 Å². The monoisotopic (exact) mass is 397 g/mol. The lowest BCUT2D eigenvalue weighted by Crippen LogP contribution is -2.37. The number of hydrogen-bond acceptors (Lipinski definition) is 5. The van der Waals surface area contributed by atoms with Crippen LogP contribution in [0.1, 0.15) is 16.8 Å². The highest BCUT2D eigenvalue weighted by molar-refractivity contribution is 6.31. The van der Waals surface area contributed by atoms with E-state index in [0.29, 0.717) is 48.1 Å². The van der Waals surface area contributed by atoms with E-state index in [2.05, 4.69) is 9.97 Å². The third kappa shape index (κ3) is 3.60. The van der Waals surface area contributed by atoms with Gasteiger partial charge in [-0.25, -0.2) is 9.97 Å². The number of methoxy groups -OCH3 is 2. The zero-order chi connectivity index (χ0) is 19.7. The molecule has 0 radical (unpaired) electrons. The average Bonchev–Trinajstić information content (AvgIpc) is 2.71. The number of nitrogens with zero attached hydrogens (tertiary/aromatic N) is 3. The Balaban J connectivity index is 1.53. The van der Waals surface area contributed by atoms with Gasteiger partial charge in [0.05, 0.1) is 25.7 Å². The number of carbonyl (C=O) groups is 1. The topological polar surface area (TPSA) is 64.5 Å². The summed E-state index contributed by atoms with van der Waals surface area (Å²) in [6.45, 7) is 1.18. The molecule has 3 aromatic rings. The fourth-order valence-electron chi connectivity index (χ4n) is 3.49. The van der Waals surface area contributed by atoms with Gasteiger partial charge in [0.1, 0.15) is 0 Å². The average molecular weight is 398 g/mol. The number of ether oxygens (including phenoxy) is 2. The predicted molar refractivity (Wildman–Crippen MR) is 107 cm³/mol. The number of aromatic nitrogens is 2. The summed E-state index contributed by atoms with van der Waals surface area (Å²) in [6, 6.07) is 9.44. The van der Waals surface area contributed by atoms with Crippen LogP contribution in [0.5, 0.6) is 11.5 Å². The van der Waals surface area contributed by atoms with Gasteiger partial charge in [0.15, 0.2) is 17.1 Å². The quantitative estimate of drug-likeness (QED) is 0.674. The minimum absolute atomic E-state index is 0.0715. The van der Waals surface area contributed by atoms with Gasteiger partial charge in [-0.2, -0.15) is 0 Å². The van der Waals surface area contributed by atoms with Gasteiger partial charge in [0.2, 0.25) is 5.91 Å². The van der Waals surface area contributed by atoms with E-state index < -0.39 is 0 Å². The Kier molecular flexibility index (Phi) is 5.05. The van der Waals surface area contributed by atoms with Gasteiger partial charge >= 0.3 is 0 Å². The van der Waals surface area contributed by atoms with Gasteiger partial charge in [-0.3, -0.25) is 4.79 Å². The Morgan fingerprint density at radius 3 is 2.79 bits per heavy atom. The Bertz CT molecular complexity index is 1050. The molecule has 0 saturated heterocycles. The number of benzene rings is 1. The Labute approximate surface area is 168 Å². The van der Waals surface area contributed by atoms with E-state index in [-0.39, 0.29) is 5.91 Å². The largest absolute Gasteiger partial charge is 0.493 e. The number of pyridine rings is 2. The van der Waals surface area contributed by atoms with Crippen LogP contribution < -0.4 is 9.47 Å². The highest BCUT2D eigenvalue weighted by atomic mass is 35.5. The summed E-state index contributed by atoms with van der Waals surface area (Å²) in [5, 5.41) is 1.46. The Morgan fingerprint density at radius 1 is 1.18 bits per heavy atom. The molecule has 0 fully saturated rings. The minimum Gasteiger partial charge on any atom is -0.493 e. The molecule has 7 heteroatoms. The van der Waals surface area contributed by atoms with Crippen LogP contribution in [0.15, 0.2) is 36.5 Å². The van der Waals surface area contributed by atoms with Crippen molar-refractivity contribution in [1.82, 2.24) is 14.9 Å². The molecule has 0 atom stereocenters. The fourth-order valence-corrected chi connectivity index (χ4v) is 3.65. The van der Waals surface area contributed by atoms with Crippen molar-refractivity contribution in [3.8, 4) is 11.5 Å². The molecule has 144 valence electrons. The molecule has 0 saturated carbocycles. The lowest BCUT2D eigenvalue weighted by atomic mass is 10.0. The molecule has 1 amide bonds. The normalized spacial score (nSPS) is 13.3. The molecule has 0 aliphatic carbocycles. The van der Waals surface area contributed by atoms with Crippen molar-refractivity contribution in [1.29, 1.82) is 0 Å². The smallest absolute Gasteiger partial charge is 0.227 e. The minimum atomic E-state index is 0.0715. The zero-order valence-corrected chi connectivity index (χ0v) is 16.5. The molecule has 2 aromatic heterocycles. The highest BCUT2D eigenvalue weighted by Crippen LogP contribution is 2.28. The number of halogens is 1. The molecule has 3 heterocycles. The molecular weight excluding hydrogens is 378 g/mol. The molecule has 4 rings (SSSR count). The third-order valence-corrected chi connectivity index (χ3v) is 5.15. The molecule has 0 bridgehead atoms. The second-order valence-electron chi connectivity index (χ2n) is 6.73. The summed E-state index contributed by atoms with van der Waals surface area (Å²) >= 11 is 6.04. The zero-order valence-electron chi connectivity index (χ0n) is 15.7. The molecule has 0 unspecified atom stereocenters. The van der Waals surface area contributed by atoms with Crippen molar-refractivity contribution in [3.63, 3.8) is 0 Å². The number of carbonyl (C=O) groups excluding carboxylic acids is 1. The van der Waals surface area contributed by atoms with E-state index in [9.17, 15) is 4.79 Å². The third-order valence-electron chi connectivity index (χ3n) is 4.94. The SMILES string of the molecule is COc1ccc(CC(=O)N2CCc3nc4ncc(Cl)cc4cc3C2)cc1OC. The number of fused-ring (bicyclic) bond motifs is 2. The van der Waals surface area contributed by atoms with Crippen molar-refractivity contribution in [2.75, 3.05) is 20.8 Å². The maximum absolute atomic E-state index is 12.8. The van der Waals surface area contributed by atoms with Crippen molar-refractivity contribution < 1.29 is 14.3 Å². The van der Waals surface area contributed by atoms with Gasteiger partial charge < -0.3 is 14.4 Å². The number of hydrogen-bond donors (Lipinski definition) is 0. The summed E-state index contributed by atoms with van der Waals surface area (Å²) in [4.78, 5) is 23.6. The molecule has 1 aliphatic rings. The summed E-state index contributed by atoms with van der Waals surface area (Å²) in [5.41, 5.74) is 3.62. The van der Waals surface area contributed by atoms with Crippen LogP contribution in [-0.2, 0) is 24.2 Å². The van der Waals surface area contributed by atoms with Crippen LogP contribution in [0.2, 0.25) is 5.02 Å². The maximum atomic E-state index is 12.8. The first-order valence-electron chi connectivity index (χ1n) is 9.00. The van der Waals surface area contributed by atoms with Crippen LogP contribution in [0.3, 0.4) is 0 Å². The lowest BCUT2D eigenvalue weighted by molar-refractivity contribution is -0.131. The summed E-state index contributed by atoms with van der Waals surface area (Å²) < 4.78 is 10.6. The van der Waals surface area contributed by atoms with Crippen molar-refractivity contribution >= 4 is 28.5 Å². The summed E-state index contributed by atoms with van der Waals surface area (Å²) in [5.74, 6) is 1.34. The van der Waals surface area contributed by atoms with Crippen molar-refractivity contribution in [2.24, 2.45) is 0 Å². The van der Waals surface area contributed by atoms with Crippen LogP contribution in [0.4, 0.5) is 0 Å². The van der Waals surface area contributed by atoms with Gasteiger partial charge in [-0.15, -0.1) is 0 Å². The first-order valence-corrected chi connectivity index (χ1v) is 9.38. The summed E-state index contributed by atoms with van der Waals surface area (Å²) in [7, 11) is 3.18. The van der Waals surface area contributed by atoms with Crippen molar-refractivity contribution in [3.05, 3.63) is 58.4 Å². The molecule has 0 spiro atoms. The van der Waals surface area contributed by atoms with Crippen LogP contribution >= 0.6 is 11.6 Å². The molecule has 1 aromatic carbocycles. The predicted octanol–water partition coefficient (Wildman–Crippen LogP) is 3.43. The van der Waals surface area contributed by atoms with E-state index in [1.54, 1.807) is 20.4 Å². The van der Waals surface area contributed by atoms with Crippen LogP contribution in [0, 0.1) is 0 Å².